The molecule has 1 atom stereocenters. The highest BCUT2D eigenvalue weighted by molar-refractivity contribution is 6.73. The van der Waals surface area contributed by atoms with Crippen molar-refractivity contribution in [1.82, 2.24) is 34.6 Å². The fourth-order valence-corrected chi connectivity index (χ4v) is 12.8. The van der Waals surface area contributed by atoms with Gasteiger partial charge in [0.25, 0.3) is 0 Å². The monoisotopic (exact) mass is 1200 g/mol. The molecule has 0 radical (unpaired) electrons. The summed E-state index contributed by atoms with van der Waals surface area (Å²) in [6.45, 7) is 26.1. The van der Waals surface area contributed by atoms with Gasteiger partial charge >= 0.3 is 5.97 Å². The Labute approximate surface area is 498 Å². The SMILES string of the molecule is CC(OCC1c2ccccc2-c2ccccc21)N(C)N(C)Cc1cc2ccccc2n1CCC(=O)NCC(=O)N(CCCC(C)(C)[Si](C)(C)O)CC(=O)N(CCCC(C)(C)[Si](C)(C)O)CC(=O)N(CCCC(C)(C)[Si](C)(C)O)CCC(=O)O. The van der Waals surface area contributed by atoms with E-state index in [9.17, 15) is 43.5 Å². The summed E-state index contributed by atoms with van der Waals surface area (Å²) in [6, 6.07) is 27.2. The second-order valence-electron chi connectivity index (χ2n) is 26.7. The number of aromatic nitrogens is 1. The van der Waals surface area contributed by atoms with Crippen molar-refractivity contribution in [2.45, 2.75) is 179 Å². The van der Waals surface area contributed by atoms with Gasteiger partial charge < -0.3 is 48.8 Å². The van der Waals surface area contributed by atoms with E-state index in [2.05, 4.69) is 80.6 Å². The van der Waals surface area contributed by atoms with Gasteiger partial charge in [-0.15, -0.1) is 0 Å². The van der Waals surface area contributed by atoms with E-state index in [-0.39, 0.29) is 81.7 Å². The number of benzene rings is 3. The number of fused-ring (bicyclic) bond motifs is 4. The zero-order valence-corrected chi connectivity index (χ0v) is 55.8. The van der Waals surface area contributed by atoms with Crippen molar-refractivity contribution in [2.24, 2.45) is 0 Å². The maximum Gasteiger partial charge on any atom is 0.305 e. The smallest absolute Gasteiger partial charge is 0.305 e. The molecule has 1 aliphatic carbocycles. The Bertz CT molecular complexity index is 2790. The van der Waals surface area contributed by atoms with Crippen molar-refractivity contribution in [3.8, 4) is 11.1 Å². The summed E-state index contributed by atoms with van der Waals surface area (Å²) in [5, 5.41) is 16.5. The number of hydrogen-bond donors (Lipinski definition) is 5. The molecule has 0 spiro atoms. The van der Waals surface area contributed by atoms with E-state index in [1.165, 1.54) is 37.0 Å². The average molecular weight is 1200 g/mol. The third kappa shape index (κ3) is 18.7. The van der Waals surface area contributed by atoms with Crippen molar-refractivity contribution in [1.29, 1.82) is 0 Å². The van der Waals surface area contributed by atoms with Crippen LogP contribution in [0.2, 0.25) is 54.4 Å². The third-order valence-corrected chi connectivity index (χ3v) is 29.5. The first-order valence-electron chi connectivity index (χ1n) is 29.8. The summed E-state index contributed by atoms with van der Waals surface area (Å²) >= 11 is 0. The molecule has 3 aromatic carbocycles. The molecular formula is C63H101N7O10Si3. The first kappa shape index (κ1) is 68.7. The van der Waals surface area contributed by atoms with E-state index in [1.807, 2.05) is 120 Å². The van der Waals surface area contributed by atoms with Crippen LogP contribution in [0.5, 0.6) is 0 Å². The van der Waals surface area contributed by atoms with Crippen molar-refractivity contribution in [3.63, 3.8) is 0 Å². The molecule has 0 aliphatic heterocycles. The van der Waals surface area contributed by atoms with Crippen LogP contribution in [0.3, 0.4) is 0 Å². The number of ether oxygens (including phenoxy) is 1. The Morgan fingerprint density at radius 2 is 1.07 bits per heavy atom. The summed E-state index contributed by atoms with van der Waals surface area (Å²) in [5.41, 5.74) is 7.01. The normalized spacial score (nSPS) is 13.8. The van der Waals surface area contributed by atoms with Gasteiger partial charge in [0.15, 0.2) is 25.0 Å². The number of aliphatic carboxylic acids is 1. The van der Waals surface area contributed by atoms with Gasteiger partial charge in [-0.3, -0.25) is 24.0 Å². The number of aryl methyl sites for hydroxylation is 1. The molecule has 0 saturated carbocycles. The lowest BCUT2D eigenvalue weighted by molar-refractivity contribution is -0.145. The molecule has 5 N–H and O–H groups in total. The molecule has 1 aromatic heterocycles. The molecule has 4 amide bonds. The lowest BCUT2D eigenvalue weighted by Gasteiger charge is -2.37. The second kappa shape index (κ2) is 28.9. The minimum Gasteiger partial charge on any atom is -0.481 e. The van der Waals surface area contributed by atoms with Gasteiger partial charge in [0, 0.05) is 70.4 Å². The van der Waals surface area contributed by atoms with E-state index in [1.54, 1.807) is 0 Å². The first-order chi connectivity index (χ1) is 38.5. The Kier molecular flexibility index (Phi) is 23.9. The Morgan fingerprint density at radius 3 is 1.57 bits per heavy atom. The number of carboxylic acids is 1. The molecule has 1 aliphatic rings. The molecule has 460 valence electrons. The topological polar surface area (TPSA) is 209 Å². The van der Waals surface area contributed by atoms with Gasteiger partial charge in [0.1, 0.15) is 6.23 Å². The van der Waals surface area contributed by atoms with Gasteiger partial charge in [0.05, 0.1) is 39.2 Å². The van der Waals surface area contributed by atoms with Gasteiger partial charge in [0.2, 0.25) is 23.6 Å². The van der Waals surface area contributed by atoms with Crippen LogP contribution in [-0.2, 0) is 41.8 Å². The summed E-state index contributed by atoms with van der Waals surface area (Å²) in [5.74, 6) is -2.65. The number of rotatable bonds is 34. The van der Waals surface area contributed by atoms with Gasteiger partial charge in [-0.2, -0.15) is 0 Å². The van der Waals surface area contributed by atoms with Crippen LogP contribution < -0.4 is 5.32 Å². The molecule has 20 heteroatoms. The number of para-hydroxylation sites is 1. The number of nitrogens with zero attached hydrogens (tertiary/aromatic N) is 6. The average Bonchev–Trinajstić information content (AvgIpc) is 3.14. The Morgan fingerprint density at radius 1 is 0.627 bits per heavy atom. The van der Waals surface area contributed by atoms with Crippen molar-refractivity contribution < 1.29 is 48.2 Å². The number of hydrazine groups is 1. The summed E-state index contributed by atoms with van der Waals surface area (Å²) in [4.78, 5) is 107. The summed E-state index contributed by atoms with van der Waals surface area (Å²) in [7, 11) is -3.81. The lowest BCUT2D eigenvalue weighted by Crippen LogP contribution is -2.50. The van der Waals surface area contributed by atoms with Gasteiger partial charge in [-0.25, -0.2) is 10.0 Å². The van der Waals surface area contributed by atoms with Crippen LogP contribution in [-0.4, -0.2) is 176 Å². The van der Waals surface area contributed by atoms with E-state index in [0.29, 0.717) is 58.2 Å². The highest BCUT2D eigenvalue weighted by atomic mass is 28.4. The number of carbonyl (C=O) groups excluding carboxylic acids is 4. The molecule has 0 saturated heterocycles. The van der Waals surface area contributed by atoms with Crippen LogP contribution in [0.4, 0.5) is 0 Å². The minimum atomic E-state index is -2.64. The number of carboxylic acid groups (broad SMARTS) is 1. The molecule has 0 fully saturated rings. The Balaban J connectivity index is 1.29. The first-order valence-corrected chi connectivity index (χ1v) is 38.7. The van der Waals surface area contributed by atoms with Gasteiger partial charge in [-0.05, 0) is 140 Å². The van der Waals surface area contributed by atoms with E-state index in [4.69, 9.17) is 4.74 Å². The predicted molar refractivity (Wildman–Crippen MR) is 339 cm³/mol. The molecule has 83 heavy (non-hydrogen) atoms. The maximum absolute atomic E-state index is 14.7. The molecule has 1 unspecified atom stereocenters. The molecule has 5 rings (SSSR count). The number of carbonyl (C=O) groups is 5. The van der Waals surface area contributed by atoms with Crippen LogP contribution in [0.15, 0.2) is 78.9 Å². The van der Waals surface area contributed by atoms with E-state index in [0.717, 1.165) is 16.6 Å². The van der Waals surface area contributed by atoms with E-state index >= 15 is 0 Å². The fourth-order valence-electron chi connectivity index (χ4n) is 10.4. The Hall–Kier alpha value is -5.04. The molecule has 0 bridgehead atoms. The number of hydrogen-bond acceptors (Lipinski definition) is 11. The lowest BCUT2D eigenvalue weighted by atomic mass is 9.98. The van der Waals surface area contributed by atoms with Crippen molar-refractivity contribution in [3.05, 3.63) is 95.7 Å². The van der Waals surface area contributed by atoms with E-state index < -0.39 is 58.7 Å². The number of amides is 4. The molecule has 1 heterocycles. The predicted octanol–water partition coefficient (Wildman–Crippen LogP) is 9.84. The van der Waals surface area contributed by atoms with Crippen LogP contribution >= 0.6 is 0 Å². The van der Waals surface area contributed by atoms with Crippen LogP contribution in [0.25, 0.3) is 22.0 Å². The fraction of sp³-hybridized carbons (Fsp3) is 0.603. The molecular weight excluding hydrogens is 1100 g/mol. The standard InChI is InChI=1S/C63H101N7O10Si3/c1-47(80-46-54-52-28-19-17-26-50(52)51-27-18-20-29-53(51)54)66(9)65(8)43-49-41-48-25-16-21-30-55(48)70(49)40-31-56(71)64-42-57(72)68(37-23-34-62(4,5)82(12,13)78)45-59(74)69(38-24-35-63(6,7)83(14,15)79)44-58(73)67(39-32-60(75)76)36-22-33-61(2,3)81(10,11)77/h16-21,25-30,41,47,54,77-79H,22-24,31-40,42-46H2,1-15H3,(H,64,71)(H,75,76). The zero-order chi connectivity index (χ0) is 61.9. The summed E-state index contributed by atoms with van der Waals surface area (Å²) in [6.07, 6.45) is 2.73. The zero-order valence-electron chi connectivity index (χ0n) is 52.8. The molecule has 17 nitrogen and oxygen atoms in total. The summed E-state index contributed by atoms with van der Waals surface area (Å²) < 4.78 is 8.74. The third-order valence-electron chi connectivity index (χ3n) is 18.8. The highest BCUT2D eigenvalue weighted by Crippen LogP contribution is 2.45. The minimum absolute atomic E-state index is 0.0588. The number of nitrogens with one attached hydrogen (secondary N) is 1. The molecule has 4 aromatic rings. The maximum atomic E-state index is 14.7. The quantitative estimate of drug-likeness (QED) is 0.0168. The highest BCUT2D eigenvalue weighted by Gasteiger charge is 2.40. The second-order valence-corrected chi connectivity index (χ2v) is 40.1. The van der Waals surface area contributed by atoms with Gasteiger partial charge in [-0.1, -0.05) is 108 Å². The van der Waals surface area contributed by atoms with Crippen molar-refractivity contribution >= 4 is 65.5 Å². The van der Waals surface area contributed by atoms with Crippen LogP contribution in [0, 0.1) is 0 Å². The van der Waals surface area contributed by atoms with Crippen LogP contribution in [0.1, 0.15) is 123 Å². The largest absolute Gasteiger partial charge is 0.481 e. The van der Waals surface area contributed by atoms with Crippen molar-refractivity contribution in [2.75, 3.05) is 66.5 Å².